The van der Waals surface area contributed by atoms with Crippen LogP contribution in [0.3, 0.4) is 0 Å². The average molecular weight is 332 g/mol. The van der Waals surface area contributed by atoms with Crippen LogP contribution in [0.5, 0.6) is 0 Å². The molecule has 0 saturated heterocycles. The maximum Gasteiger partial charge on any atom is 0.311 e. The second kappa shape index (κ2) is 5.57. The summed E-state index contributed by atoms with van der Waals surface area (Å²) in [5.74, 6) is -1.47. The first-order valence-electron chi connectivity index (χ1n) is 6.11. The molecule has 0 spiro atoms. The molecule has 0 unspecified atom stereocenters. The van der Waals surface area contributed by atoms with Gasteiger partial charge < -0.3 is 14.7 Å². The predicted octanol–water partition coefficient (Wildman–Crippen LogP) is 1.86. The van der Waals surface area contributed by atoms with Crippen LogP contribution >= 0.6 is 11.6 Å². The van der Waals surface area contributed by atoms with Gasteiger partial charge in [-0.15, -0.1) is 0 Å². The summed E-state index contributed by atoms with van der Waals surface area (Å²) in [5.41, 5.74) is 6.06. The summed E-state index contributed by atoms with van der Waals surface area (Å²) in [4.78, 5) is 12.2. The fraction of sp³-hybridized carbons (Fsp3) is 0.308. The zero-order chi connectivity index (χ0) is 15.8. The molecule has 21 heavy (non-hydrogen) atoms. The van der Waals surface area contributed by atoms with Gasteiger partial charge in [-0.3, -0.25) is 4.79 Å². The van der Waals surface area contributed by atoms with E-state index in [-0.39, 0.29) is 5.88 Å². The second-order valence-electron chi connectivity index (χ2n) is 4.73. The molecule has 8 heteroatoms. The van der Waals surface area contributed by atoms with Crippen molar-refractivity contribution in [3.8, 4) is 0 Å². The summed E-state index contributed by atoms with van der Waals surface area (Å²) in [6, 6.07) is 6.37. The van der Waals surface area contributed by atoms with Crippen molar-refractivity contribution in [2.75, 3.05) is 0 Å². The number of ketones is 1. The third kappa shape index (κ3) is 3.14. The topological polar surface area (TPSA) is 95.7 Å². The lowest BCUT2D eigenvalue weighted by Crippen LogP contribution is -2.21. The van der Waals surface area contributed by atoms with Crippen LogP contribution in [0.1, 0.15) is 25.5 Å². The van der Waals surface area contributed by atoms with E-state index < -0.39 is 33.0 Å². The van der Waals surface area contributed by atoms with Crippen LogP contribution in [-0.4, -0.2) is 19.5 Å². The summed E-state index contributed by atoms with van der Waals surface area (Å²) in [7, 11) is -3.92. The van der Waals surface area contributed by atoms with Gasteiger partial charge in [-0.05, 0) is 26.0 Å². The second-order valence-corrected chi connectivity index (χ2v) is 7.26. The van der Waals surface area contributed by atoms with Crippen LogP contribution in [0.4, 0.5) is 0 Å². The highest BCUT2D eigenvalue weighted by Crippen LogP contribution is 2.33. The Morgan fingerprint density at radius 2 is 1.86 bits per heavy atom. The third-order valence-electron chi connectivity index (χ3n) is 2.88. The molecule has 0 amide bonds. The standard InChI is InChI=1S/C13H14ClNO5S/c1-7(2)21(17,18)20-12-10(16)11(19-13(12)15)8-3-5-9(14)6-4-8/h3-7,11H,15H2,1-2H3/t11-/m1/s1. The average Bonchev–Trinajstić information content (AvgIpc) is 2.67. The number of hydrogen-bond acceptors (Lipinski definition) is 6. The Kier molecular flexibility index (Phi) is 4.15. The molecular formula is C13H14ClNO5S. The van der Waals surface area contributed by atoms with Crippen LogP contribution in [0.2, 0.25) is 5.02 Å². The molecule has 6 nitrogen and oxygen atoms in total. The van der Waals surface area contributed by atoms with Crippen molar-refractivity contribution in [3.63, 3.8) is 0 Å². The Hall–Kier alpha value is -1.73. The van der Waals surface area contributed by atoms with Crippen molar-refractivity contribution in [2.24, 2.45) is 5.73 Å². The molecule has 0 bridgehead atoms. The molecule has 2 N–H and O–H groups in total. The lowest BCUT2D eigenvalue weighted by molar-refractivity contribution is -0.123. The molecule has 0 aliphatic carbocycles. The first kappa shape index (κ1) is 15.7. The Balaban J connectivity index is 2.25. The van der Waals surface area contributed by atoms with Crippen molar-refractivity contribution >= 4 is 27.5 Å². The molecule has 0 aromatic heterocycles. The third-order valence-corrected chi connectivity index (χ3v) is 4.69. The molecule has 1 aliphatic heterocycles. The Morgan fingerprint density at radius 3 is 2.38 bits per heavy atom. The lowest BCUT2D eigenvalue weighted by Gasteiger charge is -2.10. The van der Waals surface area contributed by atoms with Gasteiger partial charge >= 0.3 is 10.1 Å². The number of carbonyl (C=O) groups excluding carboxylic acids is 1. The zero-order valence-electron chi connectivity index (χ0n) is 11.4. The molecule has 1 aromatic carbocycles. The van der Waals surface area contributed by atoms with Crippen LogP contribution in [-0.2, 0) is 23.8 Å². The Morgan fingerprint density at radius 1 is 1.29 bits per heavy atom. The maximum atomic E-state index is 12.2. The van der Waals surface area contributed by atoms with Gasteiger partial charge in [0.2, 0.25) is 17.4 Å². The molecular weight excluding hydrogens is 318 g/mol. The normalized spacial score (nSPS) is 19.0. The van der Waals surface area contributed by atoms with Gasteiger partial charge in [0, 0.05) is 10.6 Å². The van der Waals surface area contributed by atoms with E-state index in [9.17, 15) is 13.2 Å². The van der Waals surface area contributed by atoms with Gasteiger partial charge in [-0.25, -0.2) is 0 Å². The van der Waals surface area contributed by atoms with E-state index in [1.54, 1.807) is 24.3 Å². The predicted molar refractivity (Wildman–Crippen MR) is 76.6 cm³/mol. The highest BCUT2D eigenvalue weighted by molar-refractivity contribution is 7.87. The lowest BCUT2D eigenvalue weighted by atomic mass is 10.1. The van der Waals surface area contributed by atoms with Crippen molar-refractivity contribution in [1.29, 1.82) is 0 Å². The number of carbonyl (C=O) groups is 1. The van der Waals surface area contributed by atoms with E-state index in [0.717, 1.165) is 0 Å². The number of ether oxygens (including phenoxy) is 1. The van der Waals surface area contributed by atoms with Gasteiger partial charge in [0.15, 0.2) is 6.10 Å². The van der Waals surface area contributed by atoms with E-state index >= 15 is 0 Å². The summed E-state index contributed by atoms with van der Waals surface area (Å²) in [6.07, 6.45) is -1.03. The summed E-state index contributed by atoms with van der Waals surface area (Å²) >= 11 is 5.77. The molecule has 1 heterocycles. The Labute approximate surface area is 127 Å². The van der Waals surface area contributed by atoms with Crippen molar-refractivity contribution in [3.05, 3.63) is 46.5 Å². The largest absolute Gasteiger partial charge is 0.460 e. The van der Waals surface area contributed by atoms with Gasteiger partial charge in [0.05, 0.1) is 5.25 Å². The monoisotopic (exact) mass is 331 g/mol. The van der Waals surface area contributed by atoms with Gasteiger partial charge in [0.1, 0.15) is 0 Å². The minimum atomic E-state index is -3.92. The fourth-order valence-electron chi connectivity index (χ4n) is 1.63. The van der Waals surface area contributed by atoms with E-state index in [0.29, 0.717) is 10.6 Å². The van der Waals surface area contributed by atoms with E-state index in [1.165, 1.54) is 13.8 Å². The molecule has 1 aromatic rings. The number of benzene rings is 1. The van der Waals surface area contributed by atoms with Crippen LogP contribution in [0.25, 0.3) is 0 Å². The smallest absolute Gasteiger partial charge is 0.311 e. The molecule has 1 aliphatic rings. The Bertz CT molecular complexity index is 694. The first-order valence-corrected chi connectivity index (χ1v) is 7.96. The number of hydrogen-bond donors (Lipinski definition) is 1. The van der Waals surface area contributed by atoms with Crippen LogP contribution in [0.15, 0.2) is 35.9 Å². The molecule has 0 fully saturated rings. The SMILES string of the molecule is CC(C)S(=O)(=O)OC1=C(N)O[C@H](c2ccc(Cl)cc2)C1=O. The van der Waals surface area contributed by atoms with Crippen molar-refractivity contribution in [2.45, 2.75) is 25.2 Å². The van der Waals surface area contributed by atoms with Gasteiger partial charge in [0.25, 0.3) is 0 Å². The summed E-state index contributed by atoms with van der Waals surface area (Å²) in [5, 5.41) is -0.302. The highest BCUT2D eigenvalue weighted by Gasteiger charge is 2.39. The zero-order valence-corrected chi connectivity index (χ0v) is 12.9. The van der Waals surface area contributed by atoms with Gasteiger partial charge in [-0.2, -0.15) is 8.42 Å². The van der Waals surface area contributed by atoms with Crippen molar-refractivity contribution in [1.82, 2.24) is 0 Å². The quantitative estimate of drug-likeness (QED) is 0.846. The first-order chi connectivity index (χ1) is 9.72. The van der Waals surface area contributed by atoms with E-state index in [4.69, 9.17) is 26.3 Å². The summed E-state index contributed by atoms with van der Waals surface area (Å²) < 4.78 is 33.5. The van der Waals surface area contributed by atoms with Crippen LogP contribution in [0, 0.1) is 0 Å². The summed E-state index contributed by atoms with van der Waals surface area (Å²) in [6.45, 7) is 2.87. The van der Waals surface area contributed by atoms with E-state index in [2.05, 4.69) is 0 Å². The number of Topliss-reactive ketones (excluding diaryl/α,β-unsaturated/α-hetero) is 1. The maximum absolute atomic E-state index is 12.2. The molecule has 1 atom stereocenters. The number of halogens is 1. The molecule has 114 valence electrons. The molecule has 0 radical (unpaired) electrons. The fourth-order valence-corrected chi connectivity index (χ4v) is 2.34. The highest BCUT2D eigenvalue weighted by atomic mass is 35.5. The minimum absolute atomic E-state index is 0.343. The van der Waals surface area contributed by atoms with Crippen molar-refractivity contribution < 1.29 is 22.1 Å². The minimum Gasteiger partial charge on any atom is -0.460 e. The number of nitrogens with two attached hydrogens (primary N) is 1. The number of rotatable bonds is 4. The van der Waals surface area contributed by atoms with Gasteiger partial charge in [-0.1, -0.05) is 23.7 Å². The molecule has 2 rings (SSSR count). The van der Waals surface area contributed by atoms with Crippen LogP contribution < -0.4 is 5.73 Å². The molecule has 0 saturated carbocycles. The van der Waals surface area contributed by atoms with E-state index in [1.807, 2.05) is 0 Å².